The van der Waals surface area contributed by atoms with Gasteiger partial charge in [0.15, 0.2) is 0 Å². The highest BCUT2D eigenvalue weighted by Gasteiger charge is 2.27. The Bertz CT molecular complexity index is 593. The zero-order chi connectivity index (χ0) is 14.7. The first-order valence-electron chi connectivity index (χ1n) is 8.36. The molecule has 0 radical (unpaired) electrons. The highest BCUT2D eigenvalue weighted by atomic mass is 14.9. The summed E-state index contributed by atoms with van der Waals surface area (Å²) in [5.74, 6) is 1.61. The lowest BCUT2D eigenvalue weighted by Gasteiger charge is -2.34. The first-order chi connectivity index (χ1) is 10.3. The van der Waals surface area contributed by atoms with Crippen molar-refractivity contribution in [1.29, 1.82) is 0 Å². The summed E-state index contributed by atoms with van der Waals surface area (Å²) < 4.78 is 0. The van der Waals surface area contributed by atoms with E-state index in [0.29, 0.717) is 6.04 Å². The van der Waals surface area contributed by atoms with E-state index in [1.54, 1.807) is 0 Å². The topological polar surface area (TPSA) is 24.9 Å². The fraction of sp³-hybridized carbons (Fsp3) is 0.526. The van der Waals surface area contributed by atoms with Crippen LogP contribution in [0.1, 0.15) is 51.1 Å². The van der Waals surface area contributed by atoms with Crippen molar-refractivity contribution in [3.63, 3.8) is 0 Å². The molecular formula is C19H26N2. The number of rotatable bonds is 4. The summed E-state index contributed by atoms with van der Waals surface area (Å²) in [5.41, 5.74) is 2.45. The molecule has 2 nitrogen and oxygen atoms in total. The van der Waals surface area contributed by atoms with E-state index in [0.717, 1.165) is 23.9 Å². The van der Waals surface area contributed by atoms with Gasteiger partial charge in [0.05, 0.1) is 5.52 Å². The van der Waals surface area contributed by atoms with Gasteiger partial charge in [-0.25, -0.2) is 0 Å². The quantitative estimate of drug-likeness (QED) is 0.878. The highest BCUT2D eigenvalue weighted by Crippen LogP contribution is 2.37. The molecule has 1 aromatic carbocycles. The third kappa shape index (κ3) is 3.26. The van der Waals surface area contributed by atoms with Gasteiger partial charge in [0.1, 0.15) is 0 Å². The Labute approximate surface area is 128 Å². The van der Waals surface area contributed by atoms with E-state index in [4.69, 9.17) is 0 Å². The molecule has 21 heavy (non-hydrogen) atoms. The zero-order valence-corrected chi connectivity index (χ0v) is 13.2. The Hall–Kier alpha value is -1.41. The molecule has 0 bridgehead atoms. The van der Waals surface area contributed by atoms with Gasteiger partial charge in [-0.2, -0.15) is 0 Å². The number of para-hydroxylation sites is 1. The summed E-state index contributed by atoms with van der Waals surface area (Å²) in [6.45, 7) is 5.61. The molecule has 1 aromatic heterocycles. The molecule has 1 fully saturated rings. The highest BCUT2D eigenvalue weighted by molar-refractivity contribution is 5.78. The molecule has 2 aromatic rings. The average Bonchev–Trinajstić information content (AvgIpc) is 2.52. The van der Waals surface area contributed by atoms with Crippen molar-refractivity contribution in [1.82, 2.24) is 10.3 Å². The van der Waals surface area contributed by atoms with Gasteiger partial charge in [-0.1, -0.05) is 44.9 Å². The normalized spacial score (nSPS) is 24.1. The number of aromatic nitrogens is 1. The lowest BCUT2D eigenvalue weighted by Crippen LogP contribution is -2.31. The van der Waals surface area contributed by atoms with E-state index in [1.807, 2.05) is 0 Å². The van der Waals surface area contributed by atoms with Gasteiger partial charge >= 0.3 is 0 Å². The van der Waals surface area contributed by atoms with Crippen LogP contribution in [-0.2, 0) is 0 Å². The van der Waals surface area contributed by atoms with Crippen molar-refractivity contribution in [2.75, 3.05) is 6.54 Å². The minimum atomic E-state index is 0.454. The minimum Gasteiger partial charge on any atom is -0.310 e. The molecule has 0 saturated heterocycles. The van der Waals surface area contributed by atoms with E-state index in [9.17, 15) is 0 Å². The number of nitrogens with one attached hydrogen (secondary N) is 1. The molecular weight excluding hydrogens is 256 g/mol. The smallest absolute Gasteiger partial charge is 0.0702 e. The van der Waals surface area contributed by atoms with Crippen LogP contribution in [0.5, 0.6) is 0 Å². The second-order valence-electron chi connectivity index (χ2n) is 6.53. The van der Waals surface area contributed by atoms with Crippen LogP contribution in [0.4, 0.5) is 0 Å². The molecule has 112 valence electrons. The van der Waals surface area contributed by atoms with Gasteiger partial charge in [0.2, 0.25) is 0 Å². The summed E-state index contributed by atoms with van der Waals surface area (Å²) in [7, 11) is 0. The Morgan fingerprint density at radius 3 is 2.95 bits per heavy atom. The van der Waals surface area contributed by atoms with Crippen LogP contribution in [-0.4, -0.2) is 11.5 Å². The van der Waals surface area contributed by atoms with E-state index in [1.165, 1.54) is 36.6 Å². The van der Waals surface area contributed by atoms with Crippen molar-refractivity contribution >= 4 is 10.9 Å². The van der Waals surface area contributed by atoms with Gasteiger partial charge in [0.25, 0.3) is 0 Å². The fourth-order valence-electron chi connectivity index (χ4n) is 3.82. The molecule has 1 saturated carbocycles. The van der Waals surface area contributed by atoms with E-state index in [-0.39, 0.29) is 0 Å². The van der Waals surface area contributed by atoms with Crippen molar-refractivity contribution < 1.29 is 0 Å². The van der Waals surface area contributed by atoms with Crippen LogP contribution >= 0.6 is 0 Å². The Morgan fingerprint density at radius 1 is 1.29 bits per heavy atom. The van der Waals surface area contributed by atoms with E-state index < -0.39 is 0 Å². The van der Waals surface area contributed by atoms with Crippen molar-refractivity contribution in [2.24, 2.45) is 11.8 Å². The predicted octanol–water partition coefficient (Wildman–Crippen LogP) is 4.71. The number of hydrogen-bond donors (Lipinski definition) is 1. The molecule has 1 heterocycles. The summed E-state index contributed by atoms with van der Waals surface area (Å²) in [4.78, 5) is 4.66. The van der Waals surface area contributed by atoms with Gasteiger partial charge in [-0.15, -0.1) is 0 Å². The number of nitrogens with zero attached hydrogens (tertiary/aromatic N) is 1. The first kappa shape index (κ1) is 14.5. The van der Waals surface area contributed by atoms with Crippen LogP contribution < -0.4 is 5.32 Å². The van der Waals surface area contributed by atoms with Crippen LogP contribution in [0.2, 0.25) is 0 Å². The van der Waals surface area contributed by atoms with Crippen LogP contribution in [0.3, 0.4) is 0 Å². The molecule has 1 aliphatic carbocycles. The maximum Gasteiger partial charge on any atom is 0.0702 e. The lowest BCUT2D eigenvalue weighted by atomic mass is 9.77. The minimum absolute atomic E-state index is 0.454. The van der Waals surface area contributed by atoms with Crippen LogP contribution in [0, 0.1) is 11.8 Å². The number of hydrogen-bond acceptors (Lipinski definition) is 2. The molecule has 3 rings (SSSR count). The standard InChI is InChI=1S/C19H26N2/c1-3-20-19(16-9-6-7-14(2)11-16)17-12-15-8-4-5-10-18(15)21-13-17/h4-5,8,10,12-14,16,19-20H,3,6-7,9,11H2,1-2H3. The van der Waals surface area contributed by atoms with Gasteiger partial charge < -0.3 is 5.32 Å². The van der Waals surface area contributed by atoms with Crippen molar-refractivity contribution in [3.8, 4) is 0 Å². The van der Waals surface area contributed by atoms with Gasteiger partial charge in [-0.3, -0.25) is 4.98 Å². The number of fused-ring (bicyclic) bond motifs is 1. The second kappa shape index (κ2) is 6.57. The number of benzene rings is 1. The fourth-order valence-corrected chi connectivity index (χ4v) is 3.82. The van der Waals surface area contributed by atoms with Crippen LogP contribution in [0.25, 0.3) is 10.9 Å². The second-order valence-corrected chi connectivity index (χ2v) is 6.53. The monoisotopic (exact) mass is 282 g/mol. The summed E-state index contributed by atoms with van der Waals surface area (Å²) in [6.07, 6.45) is 7.52. The third-order valence-electron chi connectivity index (χ3n) is 4.84. The predicted molar refractivity (Wildman–Crippen MR) is 89.3 cm³/mol. The molecule has 1 aliphatic rings. The molecule has 3 unspecified atom stereocenters. The van der Waals surface area contributed by atoms with Gasteiger partial charge in [0, 0.05) is 17.6 Å². The van der Waals surface area contributed by atoms with E-state index in [2.05, 4.69) is 60.7 Å². The molecule has 0 amide bonds. The molecule has 0 spiro atoms. The average molecular weight is 282 g/mol. The number of pyridine rings is 1. The molecule has 0 aliphatic heterocycles. The SMILES string of the molecule is CCNC(c1cnc2ccccc2c1)C1CCCC(C)C1. The molecule has 2 heteroatoms. The van der Waals surface area contributed by atoms with Crippen LogP contribution in [0.15, 0.2) is 36.5 Å². The maximum atomic E-state index is 4.66. The Balaban J connectivity index is 1.90. The zero-order valence-electron chi connectivity index (χ0n) is 13.2. The third-order valence-corrected chi connectivity index (χ3v) is 4.84. The summed E-state index contributed by atoms with van der Waals surface area (Å²) in [5, 5.41) is 4.97. The Kier molecular flexibility index (Phi) is 4.54. The summed E-state index contributed by atoms with van der Waals surface area (Å²) in [6, 6.07) is 11.2. The van der Waals surface area contributed by atoms with E-state index >= 15 is 0 Å². The largest absolute Gasteiger partial charge is 0.310 e. The molecule has 1 N–H and O–H groups in total. The van der Waals surface area contributed by atoms with Crippen molar-refractivity contribution in [3.05, 3.63) is 42.1 Å². The first-order valence-corrected chi connectivity index (χ1v) is 8.36. The molecule has 3 atom stereocenters. The van der Waals surface area contributed by atoms with Crippen molar-refractivity contribution in [2.45, 2.75) is 45.6 Å². The van der Waals surface area contributed by atoms with Gasteiger partial charge in [-0.05, 0) is 48.9 Å². The maximum absolute atomic E-state index is 4.66. The summed E-state index contributed by atoms with van der Waals surface area (Å²) >= 11 is 0. The Morgan fingerprint density at radius 2 is 2.14 bits per heavy atom. The lowest BCUT2D eigenvalue weighted by molar-refractivity contribution is 0.225.